The first-order valence-electron chi connectivity index (χ1n) is 12.6. The number of thioether (sulfide) groups is 1. The summed E-state index contributed by atoms with van der Waals surface area (Å²) >= 11 is 1.71. The quantitative estimate of drug-likeness (QED) is 0.462. The number of carbonyl (C=O) groups is 1. The second-order valence-electron chi connectivity index (χ2n) is 10.2. The van der Waals surface area contributed by atoms with Gasteiger partial charge in [0.05, 0.1) is 0 Å². The van der Waals surface area contributed by atoms with Crippen LogP contribution in [-0.2, 0) is 0 Å². The van der Waals surface area contributed by atoms with E-state index in [4.69, 9.17) is 9.26 Å². The third-order valence-electron chi connectivity index (χ3n) is 7.89. The summed E-state index contributed by atoms with van der Waals surface area (Å²) in [6.07, 6.45) is 19.3. The molecule has 0 unspecified atom stereocenters. The van der Waals surface area contributed by atoms with Gasteiger partial charge in [0.25, 0.3) is 11.8 Å². The molecule has 33 heavy (non-hydrogen) atoms. The molecule has 5 fully saturated rings. The summed E-state index contributed by atoms with van der Waals surface area (Å²) < 4.78 is 11.5. The Bertz CT molecular complexity index is 875. The zero-order chi connectivity index (χ0) is 22.6. The number of ether oxygens (including phenoxy) is 1. The van der Waals surface area contributed by atoms with Crippen molar-refractivity contribution in [3.63, 3.8) is 0 Å². The lowest BCUT2D eigenvalue weighted by atomic mass is 9.54. The number of hydrogen-bond donors (Lipinski definition) is 1. The molecule has 5 aliphatic rings. The van der Waals surface area contributed by atoms with Gasteiger partial charge in [-0.3, -0.25) is 9.79 Å². The van der Waals surface area contributed by atoms with Crippen molar-refractivity contribution >= 4 is 23.9 Å². The van der Waals surface area contributed by atoms with E-state index >= 15 is 0 Å². The van der Waals surface area contributed by atoms with Crippen LogP contribution in [0.1, 0.15) is 74.8 Å². The maximum Gasteiger partial charge on any atom is 0.291 e. The maximum atomic E-state index is 13.4. The number of aliphatic imine (C=N–C) groups is 1. The number of rotatable bonds is 9. The molecule has 0 aliphatic heterocycles. The van der Waals surface area contributed by atoms with Crippen LogP contribution in [0.15, 0.2) is 39.3 Å². The van der Waals surface area contributed by atoms with Gasteiger partial charge in [0.2, 0.25) is 5.76 Å². The second kappa shape index (κ2) is 10.5. The fourth-order valence-corrected chi connectivity index (χ4v) is 8.01. The monoisotopic (exact) mass is 469 g/mol. The van der Waals surface area contributed by atoms with Gasteiger partial charge in [-0.15, -0.1) is 11.8 Å². The van der Waals surface area contributed by atoms with Crippen molar-refractivity contribution in [2.45, 2.75) is 80.4 Å². The fraction of sp³-hybridized carbons (Fsp3) is 0.654. The van der Waals surface area contributed by atoms with E-state index in [0.29, 0.717) is 35.3 Å². The third kappa shape index (κ3) is 5.23. The number of aromatic nitrogens is 1. The van der Waals surface area contributed by atoms with Gasteiger partial charge in [-0.1, -0.05) is 31.9 Å². The Balaban J connectivity index is 1.29. The molecule has 4 bridgehead atoms. The molecule has 1 N–H and O–H groups in total. The summed E-state index contributed by atoms with van der Waals surface area (Å²) in [6.45, 7) is 3.92. The van der Waals surface area contributed by atoms with E-state index in [1.54, 1.807) is 36.3 Å². The topological polar surface area (TPSA) is 76.7 Å². The predicted octanol–water partition coefficient (Wildman–Crippen LogP) is 5.80. The fourth-order valence-electron chi connectivity index (χ4n) is 6.68. The minimum absolute atomic E-state index is 0.126. The molecule has 0 saturated heterocycles. The van der Waals surface area contributed by atoms with Gasteiger partial charge in [-0.2, -0.15) is 0 Å². The molecule has 1 heterocycles. The zero-order valence-electron chi connectivity index (χ0n) is 19.3. The van der Waals surface area contributed by atoms with E-state index in [1.165, 1.54) is 51.4 Å². The lowest BCUT2D eigenvalue weighted by Gasteiger charge is -2.54. The Morgan fingerprint density at radius 1 is 1.15 bits per heavy atom. The van der Waals surface area contributed by atoms with Gasteiger partial charge in [0, 0.05) is 23.7 Å². The third-order valence-corrected chi connectivity index (χ3v) is 9.29. The SMILES string of the molecule is C=CC=NC=CCOc1noc(C(=O)NC2C3CC4CC(C3)CC2C4)c1SC1CCCCC1. The smallest absolute Gasteiger partial charge is 0.291 e. The number of nitrogens with zero attached hydrogens (tertiary/aromatic N) is 2. The van der Waals surface area contributed by atoms with Gasteiger partial charge in [0.1, 0.15) is 11.5 Å². The van der Waals surface area contributed by atoms with Crippen molar-refractivity contribution in [3.8, 4) is 5.88 Å². The van der Waals surface area contributed by atoms with E-state index in [2.05, 4.69) is 22.0 Å². The Morgan fingerprint density at radius 2 is 1.88 bits per heavy atom. The summed E-state index contributed by atoms with van der Waals surface area (Å²) in [5.74, 6) is 3.62. The Kier molecular flexibility index (Phi) is 7.24. The van der Waals surface area contributed by atoms with Crippen LogP contribution in [0, 0.1) is 23.7 Å². The number of carbonyl (C=O) groups excluding carboxylic acids is 1. The van der Waals surface area contributed by atoms with E-state index < -0.39 is 0 Å². The molecule has 7 heteroatoms. The summed E-state index contributed by atoms with van der Waals surface area (Å²) in [6, 6.07) is 0.276. The molecule has 178 valence electrons. The van der Waals surface area contributed by atoms with Gasteiger partial charge in [-0.05, 0) is 79.9 Å². The van der Waals surface area contributed by atoms with Crippen LogP contribution in [0.25, 0.3) is 0 Å². The molecule has 0 spiro atoms. The van der Waals surface area contributed by atoms with Crippen LogP contribution in [-0.4, -0.2) is 35.2 Å². The predicted molar refractivity (Wildman–Crippen MR) is 131 cm³/mol. The standard InChI is InChI=1S/C26H35N3O3S/c1-2-9-27-10-6-11-31-26-24(33-21-7-4-3-5-8-21)23(32-29-26)25(30)28-22-19-13-17-12-18(15-19)16-20(22)14-17/h2,6,9-10,17-22H,1,3-5,7-8,11-16H2,(H,28,30). The summed E-state index contributed by atoms with van der Waals surface area (Å²) in [5, 5.41) is 8.00. The van der Waals surface area contributed by atoms with Crippen LogP contribution in [0.4, 0.5) is 0 Å². The molecule has 1 amide bonds. The molecule has 6 nitrogen and oxygen atoms in total. The van der Waals surface area contributed by atoms with Crippen LogP contribution >= 0.6 is 11.8 Å². The van der Waals surface area contributed by atoms with E-state index in [9.17, 15) is 4.79 Å². The summed E-state index contributed by atoms with van der Waals surface area (Å²) in [4.78, 5) is 18.2. The molecule has 0 aromatic carbocycles. The first kappa shape index (κ1) is 22.8. The molecule has 6 rings (SSSR count). The van der Waals surface area contributed by atoms with E-state index in [0.717, 1.165) is 29.6 Å². The van der Waals surface area contributed by atoms with Crippen molar-refractivity contribution < 1.29 is 14.1 Å². The van der Waals surface area contributed by atoms with Crippen LogP contribution in [0.5, 0.6) is 5.88 Å². The largest absolute Gasteiger partial charge is 0.470 e. The molecule has 1 aromatic heterocycles. The normalized spacial score (nSPS) is 31.5. The first-order chi connectivity index (χ1) is 16.2. The van der Waals surface area contributed by atoms with Crippen LogP contribution < -0.4 is 10.1 Å². The highest BCUT2D eigenvalue weighted by Crippen LogP contribution is 2.53. The van der Waals surface area contributed by atoms with Crippen molar-refractivity contribution in [2.24, 2.45) is 28.7 Å². The Labute approximate surface area is 200 Å². The lowest BCUT2D eigenvalue weighted by molar-refractivity contribution is -0.0124. The number of allylic oxidation sites excluding steroid dienone is 1. The van der Waals surface area contributed by atoms with Gasteiger partial charge in [0.15, 0.2) is 0 Å². The van der Waals surface area contributed by atoms with Crippen LogP contribution in [0.2, 0.25) is 0 Å². The highest BCUT2D eigenvalue weighted by Gasteiger charge is 2.49. The molecule has 0 atom stereocenters. The molecule has 0 radical (unpaired) electrons. The maximum absolute atomic E-state index is 13.4. The van der Waals surface area contributed by atoms with Crippen molar-refractivity contribution in [1.82, 2.24) is 10.5 Å². The van der Waals surface area contributed by atoms with E-state index in [-0.39, 0.29) is 11.9 Å². The molecular formula is C26H35N3O3S. The zero-order valence-corrected chi connectivity index (χ0v) is 20.1. The summed E-state index contributed by atoms with van der Waals surface area (Å²) in [5.41, 5.74) is 0. The van der Waals surface area contributed by atoms with Crippen LogP contribution in [0.3, 0.4) is 0 Å². The average Bonchev–Trinajstić information content (AvgIpc) is 3.21. The lowest BCUT2D eigenvalue weighted by Crippen LogP contribution is -2.55. The van der Waals surface area contributed by atoms with Crippen molar-refractivity contribution in [3.05, 3.63) is 30.7 Å². The number of nitrogens with one attached hydrogen (secondary N) is 1. The Hall–Kier alpha value is -2.02. The molecular weight excluding hydrogens is 434 g/mol. The van der Waals surface area contributed by atoms with Crippen molar-refractivity contribution in [2.75, 3.05) is 6.61 Å². The minimum Gasteiger partial charge on any atom is -0.470 e. The van der Waals surface area contributed by atoms with Gasteiger partial charge in [-0.25, -0.2) is 0 Å². The highest BCUT2D eigenvalue weighted by molar-refractivity contribution is 8.00. The first-order valence-corrected chi connectivity index (χ1v) is 13.5. The number of hydrogen-bond acceptors (Lipinski definition) is 6. The number of amides is 1. The van der Waals surface area contributed by atoms with E-state index in [1.807, 2.05) is 0 Å². The van der Waals surface area contributed by atoms with Gasteiger partial charge < -0.3 is 14.6 Å². The molecule has 1 aromatic rings. The second-order valence-corrected chi connectivity index (χ2v) is 11.5. The van der Waals surface area contributed by atoms with Gasteiger partial charge >= 0.3 is 0 Å². The minimum atomic E-state index is -0.126. The average molecular weight is 470 g/mol. The highest BCUT2D eigenvalue weighted by atomic mass is 32.2. The molecule has 5 aliphatic carbocycles. The summed E-state index contributed by atoms with van der Waals surface area (Å²) in [7, 11) is 0. The molecule has 5 saturated carbocycles. The van der Waals surface area contributed by atoms with Crippen molar-refractivity contribution in [1.29, 1.82) is 0 Å². The Morgan fingerprint density at radius 3 is 2.58 bits per heavy atom.